The van der Waals surface area contributed by atoms with E-state index in [1.807, 2.05) is 0 Å². The van der Waals surface area contributed by atoms with Gasteiger partial charge in [0.25, 0.3) is 0 Å². The Morgan fingerprint density at radius 3 is 2.53 bits per heavy atom. The molecule has 0 bridgehead atoms. The van der Waals surface area contributed by atoms with Crippen molar-refractivity contribution in [2.45, 2.75) is 82.8 Å². The highest BCUT2D eigenvalue weighted by Crippen LogP contribution is 2.37. The molecular formula is C16H28N2O. The summed E-state index contributed by atoms with van der Waals surface area (Å²) in [6.07, 6.45) is 13.0. The highest BCUT2D eigenvalue weighted by atomic mass is 16.2. The van der Waals surface area contributed by atoms with E-state index in [-0.39, 0.29) is 11.7 Å². The Bertz CT molecular complexity index is 330. The first kappa shape index (κ1) is 13.4. The van der Waals surface area contributed by atoms with Crippen molar-refractivity contribution in [1.82, 2.24) is 10.2 Å². The summed E-state index contributed by atoms with van der Waals surface area (Å²) in [5.74, 6) is 1.27. The molecule has 2 saturated carbocycles. The van der Waals surface area contributed by atoms with Gasteiger partial charge >= 0.3 is 0 Å². The largest absolute Gasteiger partial charge is 0.326 e. The smallest absolute Gasteiger partial charge is 0.244 e. The van der Waals surface area contributed by atoms with Crippen molar-refractivity contribution in [1.29, 1.82) is 0 Å². The van der Waals surface area contributed by atoms with Crippen LogP contribution in [0, 0.1) is 5.92 Å². The van der Waals surface area contributed by atoms with E-state index in [9.17, 15) is 4.79 Å². The van der Waals surface area contributed by atoms with E-state index in [1.54, 1.807) is 0 Å². The van der Waals surface area contributed by atoms with Gasteiger partial charge < -0.3 is 4.90 Å². The number of amides is 1. The lowest BCUT2D eigenvalue weighted by atomic mass is 9.87. The quantitative estimate of drug-likeness (QED) is 0.849. The molecule has 0 aromatic carbocycles. The van der Waals surface area contributed by atoms with E-state index >= 15 is 0 Å². The Hall–Kier alpha value is -0.570. The second-order valence-corrected chi connectivity index (χ2v) is 6.90. The van der Waals surface area contributed by atoms with Gasteiger partial charge in [-0.15, -0.1) is 0 Å². The number of hydrogen-bond acceptors (Lipinski definition) is 2. The zero-order valence-electron chi connectivity index (χ0n) is 12.3. The average Bonchev–Trinajstić information content (AvgIpc) is 2.97. The minimum absolute atomic E-state index is 0.175. The second-order valence-electron chi connectivity index (χ2n) is 6.90. The number of hydrogen-bond donors (Lipinski definition) is 1. The summed E-state index contributed by atoms with van der Waals surface area (Å²) >= 11 is 0. The topological polar surface area (TPSA) is 32.3 Å². The molecule has 3 nitrogen and oxygen atoms in total. The Kier molecular flexibility index (Phi) is 3.84. The first-order chi connectivity index (χ1) is 9.21. The molecule has 3 heteroatoms. The molecule has 1 atom stereocenters. The van der Waals surface area contributed by atoms with Crippen LogP contribution in [0.1, 0.15) is 71.1 Å². The number of nitrogens with zero attached hydrogens (tertiary/aromatic N) is 1. The number of rotatable bonds is 3. The minimum Gasteiger partial charge on any atom is -0.326 e. The summed E-state index contributed by atoms with van der Waals surface area (Å²) in [4.78, 5) is 14.8. The van der Waals surface area contributed by atoms with Crippen molar-refractivity contribution in [3.63, 3.8) is 0 Å². The molecule has 1 unspecified atom stereocenters. The summed E-state index contributed by atoms with van der Waals surface area (Å²) in [7, 11) is 0. The summed E-state index contributed by atoms with van der Waals surface area (Å²) < 4.78 is 0. The zero-order chi connectivity index (χ0) is 13.3. The van der Waals surface area contributed by atoms with Crippen LogP contribution in [0.5, 0.6) is 0 Å². The molecule has 19 heavy (non-hydrogen) atoms. The van der Waals surface area contributed by atoms with Crippen LogP contribution in [0.2, 0.25) is 0 Å². The number of carbonyl (C=O) groups excluding carboxylic acids is 1. The van der Waals surface area contributed by atoms with Gasteiger partial charge in [0, 0.05) is 6.54 Å². The van der Waals surface area contributed by atoms with Crippen molar-refractivity contribution in [3.05, 3.63) is 0 Å². The van der Waals surface area contributed by atoms with Crippen LogP contribution in [0.3, 0.4) is 0 Å². The summed E-state index contributed by atoms with van der Waals surface area (Å²) in [5, 5.41) is 3.59. The van der Waals surface area contributed by atoms with Gasteiger partial charge in [0.2, 0.25) is 5.91 Å². The molecule has 1 amide bonds. The van der Waals surface area contributed by atoms with Gasteiger partial charge in [0.1, 0.15) is 0 Å². The van der Waals surface area contributed by atoms with Crippen LogP contribution in [0.25, 0.3) is 0 Å². The van der Waals surface area contributed by atoms with Gasteiger partial charge in [0.15, 0.2) is 0 Å². The van der Waals surface area contributed by atoms with E-state index in [1.165, 1.54) is 51.4 Å². The fourth-order valence-corrected chi connectivity index (χ4v) is 4.42. The van der Waals surface area contributed by atoms with Crippen LogP contribution < -0.4 is 5.32 Å². The van der Waals surface area contributed by atoms with Gasteiger partial charge in [-0.05, 0) is 32.1 Å². The fourth-order valence-electron chi connectivity index (χ4n) is 4.42. The first-order valence-corrected chi connectivity index (χ1v) is 8.30. The molecule has 1 spiro atoms. The van der Waals surface area contributed by atoms with Crippen LogP contribution in [0.15, 0.2) is 0 Å². The zero-order valence-corrected chi connectivity index (χ0v) is 12.3. The van der Waals surface area contributed by atoms with Crippen molar-refractivity contribution >= 4 is 5.91 Å². The maximum Gasteiger partial charge on any atom is 0.244 e. The molecule has 1 N–H and O–H groups in total. The average molecular weight is 264 g/mol. The lowest BCUT2D eigenvalue weighted by Gasteiger charge is -2.26. The van der Waals surface area contributed by atoms with E-state index < -0.39 is 0 Å². The molecule has 0 aromatic heterocycles. The maximum atomic E-state index is 12.7. The molecule has 108 valence electrons. The Morgan fingerprint density at radius 2 is 1.84 bits per heavy atom. The van der Waals surface area contributed by atoms with Crippen LogP contribution in [0.4, 0.5) is 0 Å². The van der Waals surface area contributed by atoms with Gasteiger partial charge in [-0.3, -0.25) is 10.1 Å². The van der Waals surface area contributed by atoms with E-state index in [4.69, 9.17) is 0 Å². The summed E-state index contributed by atoms with van der Waals surface area (Å²) in [6.45, 7) is 3.13. The predicted octanol–water partition coefficient (Wildman–Crippen LogP) is 3.05. The molecule has 0 aromatic rings. The Morgan fingerprint density at radius 1 is 1.16 bits per heavy atom. The third-order valence-corrected chi connectivity index (χ3v) is 5.58. The minimum atomic E-state index is -0.175. The number of nitrogens with one attached hydrogen (secondary N) is 1. The molecule has 0 radical (unpaired) electrons. The molecule has 1 heterocycles. The molecule has 3 aliphatic rings. The second kappa shape index (κ2) is 5.43. The third kappa shape index (κ3) is 2.54. The molecule has 1 saturated heterocycles. The van der Waals surface area contributed by atoms with E-state index in [0.29, 0.717) is 5.91 Å². The van der Waals surface area contributed by atoms with Crippen molar-refractivity contribution in [3.8, 4) is 0 Å². The number of carbonyl (C=O) groups is 1. The van der Waals surface area contributed by atoms with Crippen molar-refractivity contribution in [2.75, 3.05) is 6.54 Å². The van der Waals surface area contributed by atoms with Crippen LogP contribution in [-0.4, -0.2) is 29.1 Å². The van der Waals surface area contributed by atoms with Gasteiger partial charge in [0.05, 0.1) is 11.7 Å². The highest BCUT2D eigenvalue weighted by Gasteiger charge is 2.50. The Balaban J connectivity index is 1.56. The first-order valence-electron chi connectivity index (χ1n) is 8.30. The third-order valence-electron chi connectivity index (χ3n) is 5.58. The monoisotopic (exact) mass is 264 g/mol. The van der Waals surface area contributed by atoms with E-state index in [2.05, 4.69) is 17.1 Å². The molecule has 2 aliphatic carbocycles. The van der Waals surface area contributed by atoms with Crippen molar-refractivity contribution < 1.29 is 4.79 Å². The maximum absolute atomic E-state index is 12.7. The lowest BCUT2D eigenvalue weighted by Crippen LogP contribution is -2.44. The SMILES string of the molecule is CC1NC2(CCCC2)C(=O)N1CCC1CCCCC1. The standard InChI is InChI=1S/C16H28N2O/c1-13-17-16(10-5-6-11-16)15(19)18(13)12-9-14-7-3-2-4-8-14/h13-14,17H,2-12H2,1H3. The molecule has 3 rings (SSSR count). The van der Waals surface area contributed by atoms with Gasteiger partial charge in [-0.1, -0.05) is 44.9 Å². The predicted molar refractivity (Wildman–Crippen MR) is 76.7 cm³/mol. The summed E-state index contributed by atoms with van der Waals surface area (Å²) in [6, 6.07) is 0. The highest BCUT2D eigenvalue weighted by molar-refractivity contribution is 5.89. The fraction of sp³-hybridized carbons (Fsp3) is 0.938. The molecule has 3 fully saturated rings. The van der Waals surface area contributed by atoms with Crippen LogP contribution in [-0.2, 0) is 4.79 Å². The van der Waals surface area contributed by atoms with E-state index in [0.717, 1.165) is 25.3 Å². The van der Waals surface area contributed by atoms with Crippen LogP contribution >= 0.6 is 0 Å². The summed E-state index contributed by atoms with van der Waals surface area (Å²) in [5.41, 5.74) is -0.175. The molecular weight excluding hydrogens is 236 g/mol. The van der Waals surface area contributed by atoms with Gasteiger partial charge in [-0.2, -0.15) is 0 Å². The lowest BCUT2D eigenvalue weighted by molar-refractivity contribution is -0.133. The Labute approximate surface area is 117 Å². The van der Waals surface area contributed by atoms with Gasteiger partial charge in [-0.25, -0.2) is 0 Å². The molecule has 1 aliphatic heterocycles. The normalized spacial score (nSPS) is 31.5. The van der Waals surface area contributed by atoms with Crippen molar-refractivity contribution in [2.24, 2.45) is 5.92 Å².